The van der Waals surface area contributed by atoms with Crippen LogP contribution in [0, 0.1) is 12.3 Å². The highest BCUT2D eigenvalue weighted by atomic mass is 16.5. The minimum atomic E-state index is -0.414. The van der Waals surface area contributed by atoms with E-state index >= 15 is 0 Å². The molecule has 0 spiro atoms. The molecule has 0 saturated carbocycles. The van der Waals surface area contributed by atoms with Gasteiger partial charge < -0.3 is 14.8 Å². The van der Waals surface area contributed by atoms with E-state index in [1.807, 2.05) is 54.6 Å². The van der Waals surface area contributed by atoms with Crippen LogP contribution in [0.1, 0.15) is 11.1 Å². The molecule has 0 aliphatic rings. The summed E-state index contributed by atoms with van der Waals surface area (Å²) >= 11 is 0. The molecule has 0 fully saturated rings. The van der Waals surface area contributed by atoms with Crippen LogP contribution < -0.4 is 10.1 Å². The van der Waals surface area contributed by atoms with Crippen molar-refractivity contribution in [3.05, 3.63) is 65.7 Å². The number of rotatable bonds is 7. The van der Waals surface area contributed by atoms with E-state index in [4.69, 9.17) is 15.9 Å². The third-order valence-corrected chi connectivity index (χ3v) is 3.14. The van der Waals surface area contributed by atoms with Crippen molar-refractivity contribution in [3.8, 4) is 18.1 Å². The largest absolute Gasteiger partial charge is 0.481 e. The van der Waals surface area contributed by atoms with E-state index in [0.717, 1.165) is 23.3 Å². The molecule has 118 valence electrons. The number of hydrogen-bond donors (Lipinski definition) is 1. The van der Waals surface area contributed by atoms with Gasteiger partial charge in [-0.15, -0.1) is 6.42 Å². The van der Waals surface area contributed by atoms with E-state index in [0.29, 0.717) is 6.54 Å². The zero-order valence-corrected chi connectivity index (χ0v) is 12.8. The standard InChI is InChI=1S/C19H19NO3/c1-2-14-22-18-10-8-16(9-11-18)12-13-20-19(21)23-15-17-6-4-3-5-7-17/h1,3-11H,12-15H2,(H,20,21). The Hall–Kier alpha value is -2.93. The fraction of sp³-hybridized carbons (Fsp3) is 0.211. The molecule has 4 heteroatoms. The average Bonchev–Trinajstić information content (AvgIpc) is 2.60. The first-order chi connectivity index (χ1) is 11.3. The van der Waals surface area contributed by atoms with Crippen molar-refractivity contribution in [1.82, 2.24) is 5.32 Å². The van der Waals surface area contributed by atoms with E-state index in [2.05, 4.69) is 11.2 Å². The van der Waals surface area contributed by atoms with Gasteiger partial charge in [-0.1, -0.05) is 48.4 Å². The Morgan fingerprint density at radius 1 is 1.04 bits per heavy atom. The van der Waals surface area contributed by atoms with Crippen LogP contribution >= 0.6 is 0 Å². The highest BCUT2D eigenvalue weighted by molar-refractivity contribution is 5.67. The van der Waals surface area contributed by atoms with Crippen LogP contribution in [-0.2, 0) is 17.8 Å². The maximum absolute atomic E-state index is 11.6. The summed E-state index contributed by atoms with van der Waals surface area (Å²) in [6.07, 6.45) is 5.44. The van der Waals surface area contributed by atoms with Crippen LogP contribution in [0.2, 0.25) is 0 Å². The number of ether oxygens (including phenoxy) is 2. The first-order valence-electron chi connectivity index (χ1n) is 7.37. The van der Waals surface area contributed by atoms with Gasteiger partial charge in [0.15, 0.2) is 0 Å². The van der Waals surface area contributed by atoms with Crippen LogP contribution in [0.3, 0.4) is 0 Å². The normalized spacial score (nSPS) is 9.70. The molecule has 2 aromatic carbocycles. The van der Waals surface area contributed by atoms with Crippen LogP contribution in [0.15, 0.2) is 54.6 Å². The Bertz CT molecular complexity index is 645. The summed E-state index contributed by atoms with van der Waals surface area (Å²) in [5.41, 5.74) is 2.06. The molecule has 0 atom stereocenters. The molecule has 23 heavy (non-hydrogen) atoms. The Morgan fingerprint density at radius 2 is 1.78 bits per heavy atom. The number of hydrogen-bond acceptors (Lipinski definition) is 3. The molecule has 4 nitrogen and oxygen atoms in total. The van der Waals surface area contributed by atoms with Crippen molar-refractivity contribution in [2.24, 2.45) is 0 Å². The highest BCUT2D eigenvalue weighted by Crippen LogP contribution is 2.12. The lowest BCUT2D eigenvalue weighted by atomic mass is 10.1. The summed E-state index contributed by atoms with van der Waals surface area (Å²) in [4.78, 5) is 11.6. The molecule has 1 N–H and O–H groups in total. The van der Waals surface area contributed by atoms with Gasteiger partial charge >= 0.3 is 6.09 Å². The first kappa shape index (κ1) is 16.4. The van der Waals surface area contributed by atoms with Gasteiger partial charge in [-0.3, -0.25) is 0 Å². The Kier molecular flexibility index (Phi) is 6.55. The molecule has 0 unspecified atom stereocenters. The van der Waals surface area contributed by atoms with Crippen LogP contribution in [0.25, 0.3) is 0 Å². The Morgan fingerprint density at radius 3 is 2.48 bits per heavy atom. The van der Waals surface area contributed by atoms with Gasteiger partial charge in [0, 0.05) is 6.54 Å². The fourth-order valence-corrected chi connectivity index (χ4v) is 1.96. The number of carbonyl (C=O) groups is 1. The van der Waals surface area contributed by atoms with Gasteiger partial charge in [-0.2, -0.15) is 0 Å². The minimum absolute atomic E-state index is 0.258. The summed E-state index contributed by atoms with van der Waals surface area (Å²) in [5.74, 6) is 3.16. The molecule has 2 aromatic rings. The molecule has 0 bridgehead atoms. The van der Waals surface area contributed by atoms with Crippen molar-refractivity contribution < 1.29 is 14.3 Å². The molecule has 0 aliphatic carbocycles. The van der Waals surface area contributed by atoms with Crippen molar-refractivity contribution >= 4 is 6.09 Å². The van der Waals surface area contributed by atoms with Crippen LogP contribution in [0.4, 0.5) is 4.79 Å². The molecular weight excluding hydrogens is 290 g/mol. The van der Waals surface area contributed by atoms with Crippen molar-refractivity contribution in [3.63, 3.8) is 0 Å². The third-order valence-electron chi connectivity index (χ3n) is 3.14. The first-order valence-corrected chi connectivity index (χ1v) is 7.37. The third kappa shape index (κ3) is 6.15. The smallest absolute Gasteiger partial charge is 0.407 e. The number of terminal acetylenes is 1. The van der Waals surface area contributed by atoms with Gasteiger partial charge in [0.05, 0.1) is 0 Å². The highest BCUT2D eigenvalue weighted by Gasteiger charge is 2.02. The second-order valence-corrected chi connectivity index (χ2v) is 4.88. The summed E-state index contributed by atoms with van der Waals surface area (Å²) in [6, 6.07) is 17.2. The SMILES string of the molecule is C#CCOc1ccc(CCNC(=O)OCc2ccccc2)cc1. The predicted molar refractivity (Wildman–Crippen MR) is 89.1 cm³/mol. The molecular formula is C19H19NO3. The quantitative estimate of drug-likeness (QED) is 0.799. The zero-order chi connectivity index (χ0) is 16.3. The number of carbonyl (C=O) groups excluding carboxylic acids is 1. The van der Waals surface area contributed by atoms with Gasteiger partial charge in [-0.25, -0.2) is 4.79 Å². The average molecular weight is 309 g/mol. The van der Waals surface area contributed by atoms with E-state index in [1.54, 1.807) is 0 Å². The lowest BCUT2D eigenvalue weighted by molar-refractivity contribution is 0.140. The molecule has 0 saturated heterocycles. The van der Waals surface area contributed by atoms with Gasteiger partial charge in [0.1, 0.15) is 19.0 Å². The van der Waals surface area contributed by atoms with Crippen LogP contribution in [0.5, 0.6) is 5.75 Å². The summed E-state index contributed by atoms with van der Waals surface area (Å²) in [5, 5.41) is 2.73. The monoisotopic (exact) mass is 309 g/mol. The van der Waals surface area contributed by atoms with Crippen LogP contribution in [-0.4, -0.2) is 19.2 Å². The van der Waals surface area contributed by atoms with E-state index in [-0.39, 0.29) is 13.2 Å². The minimum Gasteiger partial charge on any atom is -0.481 e. The molecule has 0 radical (unpaired) electrons. The van der Waals surface area contributed by atoms with Gasteiger partial charge in [-0.05, 0) is 29.7 Å². The number of benzene rings is 2. The second kappa shape index (κ2) is 9.16. The van der Waals surface area contributed by atoms with Crippen molar-refractivity contribution in [2.45, 2.75) is 13.0 Å². The van der Waals surface area contributed by atoms with Gasteiger partial charge in [0.2, 0.25) is 0 Å². The molecule has 1 amide bonds. The maximum atomic E-state index is 11.6. The number of alkyl carbamates (subject to hydrolysis) is 1. The topological polar surface area (TPSA) is 47.6 Å². The lowest BCUT2D eigenvalue weighted by Gasteiger charge is -2.08. The molecule has 0 aliphatic heterocycles. The van der Waals surface area contributed by atoms with E-state index in [1.165, 1.54) is 0 Å². The van der Waals surface area contributed by atoms with E-state index in [9.17, 15) is 4.79 Å². The fourth-order valence-electron chi connectivity index (χ4n) is 1.96. The predicted octanol–water partition coefficient (Wildman–Crippen LogP) is 3.17. The van der Waals surface area contributed by atoms with Crippen molar-refractivity contribution in [1.29, 1.82) is 0 Å². The van der Waals surface area contributed by atoms with E-state index < -0.39 is 6.09 Å². The number of amides is 1. The summed E-state index contributed by atoms with van der Waals surface area (Å²) < 4.78 is 10.4. The Balaban J connectivity index is 1.66. The van der Waals surface area contributed by atoms with Gasteiger partial charge in [0.25, 0.3) is 0 Å². The zero-order valence-electron chi connectivity index (χ0n) is 12.8. The molecule has 0 aromatic heterocycles. The second-order valence-electron chi connectivity index (χ2n) is 4.88. The summed E-state index contributed by atoms with van der Waals surface area (Å²) in [6.45, 7) is 1.04. The van der Waals surface area contributed by atoms with Crippen molar-refractivity contribution in [2.75, 3.05) is 13.2 Å². The summed E-state index contributed by atoms with van der Waals surface area (Å²) in [7, 11) is 0. The number of nitrogens with one attached hydrogen (secondary N) is 1. The maximum Gasteiger partial charge on any atom is 0.407 e. The molecule has 0 heterocycles. The Labute approximate surface area is 136 Å². The lowest BCUT2D eigenvalue weighted by Crippen LogP contribution is -2.26. The molecule has 2 rings (SSSR count).